The van der Waals surface area contributed by atoms with E-state index in [-0.39, 0.29) is 0 Å². The molecule has 11 rings (SSSR count). The Morgan fingerprint density at radius 1 is 0.213 bits per heavy atom. The Morgan fingerprint density at radius 3 is 1.25 bits per heavy atom. The minimum Gasteiger partial charge on any atom is -0.311 e. The molecule has 0 saturated heterocycles. The predicted octanol–water partition coefficient (Wildman–Crippen LogP) is 17.0. The van der Waals surface area contributed by atoms with Gasteiger partial charge in [0.05, 0.1) is 0 Å². The van der Waals surface area contributed by atoms with Crippen LogP contribution in [0.5, 0.6) is 0 Å². The van der Waals surface area contributed by atoms with E-state index in [1.807, 2.05) is 0 Å². The van der Waals surface area contributed by atoms with E-state index in [4.69, 9.17) is 0 Å². The maximum Gasteiger partial charge on any atom is 0.0462 e. The van der Waals surface area contributed by atoms with Crippen molar-refractivity contribution in [3.63, 3.8) is 0 Å². The Bertz CT molecular complexity index is 3310. The van der Waals surface area contributed by atoms with E-state index in [1.54, 1.807) is 0 Å². The number of hydrogen-bond donors (Lipinski definition) is 0. The number of benzene rings is 11. The first-order valence-electron chi connectivity index (χ1n) is 21.0. The third kappa shape index (κ3) is 6.93. The van der Waals surface area contributed by atoms with Crippen LogP contribution in [0.4, 0.5) is 17.1 Å². The third-order valence-corrected chi connectivity index (χ3v) is 12.1. The molecular formula is C60H41N. The van der Waals surface area contributed by atoms with Crippen molar-refractivity contribution in [2.45, 2.75) is 0 Å². The Kier molecular flexibility index (Phi) is 9.26. The van der Waals surface area contributed by atoms with Gasteiger partial charge >= 0.3 is 0 Å². The smallest absolute Gasteiger partial charge is 0.0462 e. The van der Waals surface area contributed by atoms with Gasteiger partial charge in [0.2, 0.25) is 0 Å². The van der Waals surface area contributed by atoms with Crippen LogP contribution in [0.3, 0.4) is 0 Å². The molecule has 11 aromatic rings. The van der Waals surface area contributed by atoms with E-state index in [2.05, 4.69) is 254 Å². The van der Waals surface area contributed by atoms with Crippen molar-refractivity contribution in [3.05, 3.63) is 249 Å². The largest absolute Gasteiger partial charge is 0.311 e. The first-order valence-corrected chi connectivity index (χ1v) is 21.0. The fourth-order valence-electron chi connectivity index (χ4n) is 8.97. The molecule has 0 aromatic heterocycles. The quantitative estimate of drug-likeness (QED) is 0.139. The molecule has 0 saturated carbocycles. The summed E-state index contributed by atoms with van der Waals surface area (Å²) in [5.74, 6) is 0. The van der Waals surface area contributed by atoms with Gasteiger partial charge in [-0.3, -0.25) is 0 Å². The first kappa shape index (κ1) is 36.1. The van der Waals surface area contributed by atoms with Gasteiger partial charge in [0.15, 0.2) is 0 Å². The number of rotatable bonds is 8. The van der Waals surface area contributed by atoms with Crippen molar-refractivity contribution in [1.82, 2.24) is 0 Å². The molecule has 0 aliphatic carbocycles. The number of fused-ring (bicyclic) bond motifs is 4. The van der Waals surface area contributed by atoms with E-state index >= 15 is 0 Å². The number of anilines is 3. The minimum absolute atomic E-state index is 1.09. The lowest BCUT2D eigenvalue weighted by Gasteiger charge is -2.26. The lowest BCUT2D eigenvalue weighted by Crippen LogP contribution is -2.09. The molecule has 11 aromatic carbocycles. The maximum atomic E-state index is 2.36. The summed E-state index contributed by atoms with van der Waals surface area (Å²) in [5, 5.41) is 7.58. The molecule has 0 fully saturated rings. The molecule has 0 N–H and O–H groups in total. The monoisotopic (exact) mass is 775 g/mol. The fourth-order valence-corrected chi connectivity index (χ4v) is 8.97. The Labute approximate surface area is 357 Å². The van der Waals surface area contributed by atoms with Crippen LogP contribution in [0.15, 0.2) is 249 Å². The number of hydrogen-bond acceptors (Lipinski definition) is 1. The standard InChI is InChI=1S/C60H41N/c1-3-12-42(13-4-1)49-18-11-19-50(40-49)43-24-32-53(33-25-43)61(54-34-26-44(27-35-54)51-31-38-57-52(41-51)23-22-45-14-7-9-20-56(45)57)55-36-28-47(29-37-55)59-39-30-46-15-8-10-21-58(46)60(59)48-16-5-2-6-17-48/h1-41H. The maximum absolute atomic E-state index is 2.36. The van der Waals surface area contributed by atoms with Crippen molar-refractivity contribution < 1.29 is 0 Å². The highest BCUT2D eigenvalue weighted by Crippen LogP contribution is 2.42. The molecule has 286 valence electrons. The van der Waals surface area contributed by atoms with Crippen LogP contribution >= 0.6 is 0 Å². The summed E-state index contributed by atoms with van der Waals surface area (Å²) >= 11 is 0. The van der Waals surface area contributed by atoms with Crippen molar-refractivity contribution in [1.29, 1.82) is 0 Å². The summed E-state index contributed by atoms with van der Waals surface area (Å²) in [7, 11) is 0. The van der Waals surface area contributed by atoms with Gasteiger partial charge in [-0.2, -0.15) is 0 Å². The molecule has 0 atom stereocenters. The van der Waals surface area contributed by atoms with Crippen LogP contribution < -0.4 is 4.90 Å². The van der Waals surface area contributed by atoms with Gasteiger partial charge in [0.25, 0.3) is 0 Å². The van der Waals surface area contributed by atoms with Crippen LogP contribution in [0, 0.1) is 0 Å². The average molecular weight is 776 g/mol. The zero-order valence-corrected chi connectivity index (χ0v) is 33.6. The molecular weight excluding hydrogens is 735 g/mol. The van der Waals surface area contributed by atoms with Crippen LogP contribution in [-0.4, -0.2) is 0 Å². The van der Waals surface area contributed by atoms with Gasteiger partial charge in [-0.05, 0) is 136 Å². The molecule has 0 bridgehead atoms. The van der Waals surface area contributed by atoms with Gasteiger partial charge in [0, 0.05) is 17.1 Å². The molecule has 0 aliphatic rings. The van der Waals surface area contributed by atoms with E-state index in [0.29, 0.717) is 0 Å². The lowest BCUT2D eigenvalue weighted by molar-refractivity contribution is 1.28. The van der Waals surface area contributed by atoms with Gasteiger partial charge in [0.1, 0.15) is 0 Å². The van der Waals surface area contributed by atoms with Crippen molar-refractivity contribution in [2.75, 3.05) is 4.90 Å². The highest BCUT2D eigenvalue weighted by molar-refractivity contribution is 6.08. The summed E-state index contributed by atoms with van der Waals surface area (Å²) < 4.78 is 0. The molecule has 1 heteroatoms. The highest BCUT2D eigenvalue weighted by Gasteiger charge is 2.16. The van der Waals surface area contributed by atoms with Crippen LogP contribution in [0.25, 0.3) is 88.0 Å². The Morgan fingerprint density at radius 2 is 0.623 bits per heavy atom. The van der Waals surface area contributed by atoms with Gasteiger partial charge in [-0.25, -0.2) is 0 Å². The van der Waals surface area contributed by atoms with Crippen LogP contribution in [0.1, 0.15) is 0 Å². The normalized spacial score (nSPS) is 11.3. The van der Waals surface area contributed by atoms with Gasteiger partial charge in [-0.15, -0.1) is 0 Å². The lowest BCUT2D eigenvalue weighted by atomic mass is 9.90. The van der Waals surface area contributed by atoms with E-state index < -0.39 is 0 Å². The fraction of sp³-hybridized carbons (Fsp3) is 0. The summed E-state index contributed by atoms with van der Waals surface area (Å²) in [5.41, 5.74) is 15.4. The second-order valence-corrected chi connectivity index (χ2v) is 15.7. The predicted molar refractivity (Wildman–Crippen MR) is 261 cm³/mol. The highest BCUT2D eigenvalue weighted by atomic mass is 15.1. The number of nitrogens with zero attached hydrogens (tertiary/aromatic N) is 1. The molecule has 0 unspecified atom stereocenters. The zero-order chi connectivity index (χ0) is 40.5. The first-order chi connectivity index (χ1) is 30.2. The van der Waals surface area contributed by atoms with E-state index in [9.17, 15) is 0 Å². The van der Waals surface area contributed by atoms with Crippen LogP contribution in [0.2, 0.25) is 0 Å². The molecule has 0 aliphatic heterocycles. The zero-order valence-electron chi connectivity index (χ0n) is 33.6. The van der Waals surface area contributed by atoms with Crippen LogP contribution in [-0.2, 0) is 0 Å². The average Bonchev–Trinajstić information content (AvgIpc) is 3.35. The summed E-state index contributed by atoms with van der Waals surface area (Å²) in [6.07, 6.45) is 0. The summed E-state index contributed by atoms with van der Waals surface area (Å²) in [6, 6.07) is 90.4. The van der Waals surface area contributed by atoms with E-state index in [1.165, 1.54) is 88.0 Å². The Balaban J connectivity index is 0.979. The van der Waals surface area contributed by atoms with Crippen molar-refractivity contribution in [3.8, 4) is 55.6 Å². The molecule has 0 radical (unpaired) electrons. The SMILES string of the molecule is c1ccc(-c2cccc(-c3ccc(N(c4ccc(-c5ccc6c(ccc7ccccc76)c5)cc4)c4ccc(-c5ccc6ccccc6c5-c5ccccc5)cc4)cc3)c2)cc1. The topological polar surface area (TPSA) is 3.24 Å². The summed E-state index contributed by atoms with van der Waals surface area (Å²) in [6.45, 7) is 0. The van der Waals surface area contributed by atoms with Gasteiger partial charge < -0.3 is 4.90 Å². The van der Waals surface area contributed by atoms with Crippen molar-refractivity contribution in [2.24, 2.45) is 0 Å². The van der Waals surface area contributed by atoms with Crippen molar-refractivity contribution >= 4 is 49.4 Å². The second kappa shape index (κ2) is 15.6. The van der Waals surface area contributed by atoms with Gasteiger partial charge in [-0.1, -0.05) is 200 Å². The summed E-state index contributed by atoms with van der Waals surface area (Å²) in [4.78, 5) is 2.36. The third-order valence-electron chi connectivity index (χ3n) is 12.1. The Hall–Kier alpha value is -8.00. The molecule has 0 amide bonds. The molecule has 0 spiro atoms. The molecule has 1 nitrogen and oxygen atoms in total. The molecule has 61 heavy (non-hydrogen) atoms. The molecule has 0 heterocycles. The second-order valence-electron chi connectivity index (χ2n) is 15.7. The minimum atomic E-state index is 1.09. The van der Waals surface area contributed by atoms with E-state index in [0.717, 1.165) is 17.1 Å².